The maximum absolute atomic E-state index is 11.2. The standard InChI is InChI=1S/C11H15N3O2S/c1-8(15)10-7-17-11(12-10)14-5-3-13(4-6-14)9(2)16/h7H,3-6H2,1-2H3. The minimum absolute atomic E-state index is 0.00475. The van der Waals surface area contributed by atoms with Crippen LogP contribution in [0.4, 0.5) is 5.13 Å². The molecule has 1 aromatic heterocycles. The Kier molecular flexibility index (Phi) is 3.42. The number of ketones is 1. The van der Waals surface area contributed by atoms with Gasteiger partial charge < -0.3 is 9.80 Å². The lowest BCUT2D eigenvalue weighted by molar-refractivity contribution is -0.129. The highest BCUT2D eigenvalue weighted by Gasteiger charge is 2.21. The van der Waals surface area contributed by atoms with E-state index in [1.807, 2.05) is 4.90 Å². The summed E-state index contributed by atoms with van der Waals surface area (Å²) in [7, 11) is 0. The van der Waals surface area contributed by atoms with Crippen molar-refractivity contribution in [1.82, 2.24) is 9.88 Å². The Morgan fingerprint density at radius 1 is 1.24 bits per heavy atom. The zero-order valence-electron chi connectivity index (χ0n) is 9.97. The van der Waals surface area contributed by atoms with Crippen molar-refractivity contribution in [2.75, 3.05) is 31.1 Å². The Bertz CT molecular complexity index is 436. The van der Waals surface area contributed by atoms with Crippen molar-refractivity contribution in [2.24, 2.45) is 0 Å². The van der Waals surface area contributed by atoms with E-state index in [2.05, 4.69) is 9.88 Å². The Morgan fingerprint density at radius 3 is 2.35 bits per heavy atom. The molecule has 0 aromatic carbocycles. The summed E-state index contributed by atoms with van der Waals surface area (Å²) in [6, 6.07) is 0. The van der Waals surface area contributed by atoms with E-state index in [9.17, 15) is 9.59 Å². The maximum atomic E-state index is 11.2. The van der Waals surface area contributed by atoms with Crippen LogP contribution in [0.15, 0.2) is 5.38 Å². The van der Waals surface area contributed by atoms with Crippen molar-refractivity contribution in [2.45, 2.75) is 13.8 Å². The summed E-state index contributed by atoms with van der Waals surface area (Å²) >= 11 is 1.48. The molecule has 6 heteroatoms. The van der Waals surface area contributed by atoms with Gasteiger partial charge in [-0.25, -0.2) is 4.98 Å². The average molecular weight is 253 g/mol. The van der Waals surface area contributed by atoms with E-state index in [-0.39, 0.29) is 11.7 Å². The van der Waals surface area contributed by atoms with E-state index in [1.165, 1.54) is 18.3 Å². The van der Waals surface area contributed by atoms with Crippen molar-refractivity contribution in [3.63, 3.8) is 0 Å². The van der Waals surface area contributed by atoms with E-state index in [0.717, 1.165) is 31.3 Å². The predicted octanol–water partition coefficient (Wildman–Crippen LogP) is 1.01. The number of piperazine rings is 1. The smallest absolute Gasteiger partial charge is 0.219 e. The molecule has 5 nitrogen and oxygen atoms in total. The molecule has 1 fully saturated rings. The van der Waals surface area contributed by atoms with E-state index in [0.29, 0.717) is 5.69 Å². The molecule has 0 N–H and O–H groups in total. The highest BCUT2D eigenvalue weighted by Crippen LogP contribution is 2.22. The monoisotopic (exact) mass is 253 g/mol. The van der Waals surface area contributed by atoms with Crippen LogP contribution < -0.4 is 4.90 Å². The number of carbonyl (C=O) groups is 2. The number of anilines is 1. The third-order valence-electron chi connectivity index (χ3n) is 2.85. The number of hydrogen-bond acceptors (Lipinski definition) is 5. The van der Waals surface area contributed by atoms with Gasteiger partial charge in [-0.2, -0.15) is 0 Å². The summed E-state index contributed by atoms with van der Waals surface area (Å²) < 4.78 is 0. The summed E-state index contributed by atoms with van der Waals surface area (Å²) in [6.45, 7) is 6.13. The van der Waals surface area contributed by atoms with Gasteiger partial charge in [0.05, 0.1) is 0 Å². The number of aromatic nitrogens is 1. The van der Waals surface area contributed by atoms with Gasteiger partial charge in [0.1, 0.15) is 5.69 Å². The van der Waals surface area contributed by atoms with Gasteiger partial charge in [0, 0.05) is 45.4 Å². The molecule has 1 saturated heterocycles. The van der Waals surface area contributed by atoms with E-state index in [4.69, 9.17) is 0 Å². The Morgan fingerprint density at radius 2 is 1.88 bits per heavy atom. The minimum Gasteiger partial charge on any atom is -0.345 e. The van der Waals surface area contributed by atoms with Gasteiger partial charge in [-0.1, -0.05) is 0 Å². The second-order valence-corrected chi connectivity index (χ2v) is 4.90. The average Bonchev–Trinajstić information content (AvgIpc) is 2.78. The van der Waals surface area contributed by atoms with Crippen LogP contribution in [0.25, 0.3) is 0 Å². The summed E-state index contributed by atoms with van der Waals surface area (Å²) in [5.74, 6) is 0.114. The first-order valence-electron chi connectivity index (χ1n) is 5.55. The molecule has 92 valence electrons. The normalized spacial score (nSPS) is 16.1. The van der Waals surface area contributed by atoms with Crippen LogP contribution in [0.2, 0.25) is 0 Å². The van der Waals surface area contributed by atoms with Gasteiger partial charge in [0.25, 0.3) is 0 Å². The molecule has 0 unspecified atom stereocenters. The summed E-state index contributed by atoms with van der Waals surface area (Å²) in [5.41, 5.74) is 0.527. The van der Waals surface area contributed by atoms with E-state index < -0.39 is 0 Å². The van der Waals surface area contributed by atoms with Gasteiger partial charge >= 0.3 is 0 Å². The zero-order chi connectivity index (χ0) is 12.4. The van der Waals surface area contributed by atoms with Crippen molar-refractivity contribution < 1.29 is 9.59 Å². The first-order chi connectivity index (χ1) is 8.08. The summed E-state index contributed by atoms with van der Waals surface area (Å²) in [4.78, 5) is 30.6. The molecule has 0 radical (unpaired) electrons. The van der Waals surface area contributed by atoms with E-state index >= 15 is 0 Å². The van der Waals surface area contributed by atoms with Gasteiger partial charge in [-0.3, -0.25) is 9.59 Å². The largest absolute Gasteiger partial charge is 0.345 e. The summed E-state index contributed by atoms with van der Waals surface area (Å²) in [5, 5.41) is 2.66. The van der Waals surface area contributed by atoms with Crippen molar-refractivity contribution >= 4 is 28.2 Å². The van der Waals surface area contributed by atoms with Crippen LogP contribution in [0.5, 0.6) is 0 Å². The van der Waals surface area contributed by atoms with Gasteiger partial charge in [0.2, 0.25) is 5.91 Å². The van der Waals surface area contributed by atoms with Gasteiger partial charge in [-0.15, -0.1) is 11.3 Å². The number of thiazole rings is 1. The zero-order valence-corrected chi connectivity index (χ0v) is 10.8. The van der Waals surface area contributed by atoms with Gasteiger partial charge in [-0.05, 0) is 0 Å². The fourth-order valence-electron chi connectivity index (χ4n) is 1.78. The molecule has 0 spiro atoms. The molecule has 17 heavy (non-hydrogen) atoms. The fraction of sp³-hybridized carbons (Fsp3) is 0.545. The van der Waals surface area contributed by atoms with Crippen molar-refractivity contribution in [3.8, 4) is 0 Å². The maximum Gasteiger partial charge on any atom is 0.219 e. The van der Waals surface area contributed by atoms with E-state index in [1.54, 1.807) is 12.3 Å². The molecule has 0 atom stereocenters. The Labute approximate surface area is 104 Å². The fourth-order valence-corrected chi connectivity index (χ4v) is 2.70. The molecule has 1 aliphatic rings. The summed E-state index contributed by atoms with van der Waals surface area (Å²) in [6.07, 6.45) is 0. The van der Waals surface area contributed by atoms with Crippen LogP contribution in [0, 0.1) is 0 Å². The third kappa shape index (κ3) is 2.63. The molecule has 0 bridgehead atoms. The van der Waals surface area contributed by atoms with Crippen LogP contribution in [-0.4, -0.2) is 47.8 Å². The second kappa shape index (κ2) is 4.83. The number of nitrogens with zero attached hydrogens (tertiary/aromatic N) is 3. The lowest BCUT2D eigenvalue weighted by Gasteiger charge is -2.33. The molecule has 1 amide bonds. The van der Waals surface area contributed by atoms with Crippen LogP contribution in [-0.2, 0) is 4.79 Å². The SMILES string of the molecule is CC(=O)c1csc(N2CCN(C(C)=O)CC2)n1. The predicted molar refractivity (Wildman–Crippen MR) is 66.6 cm³/mol. The quantitative estimate of drug-likeness (QED) is 0.738. The minimum atomic E-state index is -0.00475. The molecule has 2 rings (SSSR count). The topological polar surface area (TPSA) is 53.5 Å². The van der Waals surface area contributed by atoms with Crippen molar-refractivity contribution in [1.29, 1.82) is 0 Å². The Hall–Kier alpha value is -1.43. The molecular weight excluding hydrogens is 238 g/mol. The van der Waals surface area contributed by atoms with Crippen LogP contribution >= 0.6 is 11.3 Å². The molecule has 2 heterocycles. The second-order valence-electron chi connectivity index (χ2n) is 4.06. The number of amides is 1. The van der Waals surface area contributed by atoms with Crippen LogP contribution in [0.3, 0.4) is 0 Å². The number of carbonyl (C=O) groups excluding carboxylic acids is 2. The molecule has 0 saturated carbocycles. The van der Waals surface area contributed by atoms with Gasteiger partial charge in [0.15, 0.2) is 10.9 Å². The Balaban J connectivity index is 2.00. The molecule has 0 aliphatic carbocycles. The lowest BCUT2D eigenvalue weighted by atomic mass is 10.3. The first-order valence-corrected chi connectivity index (χ1v) is 6.43. The number of Topliss-reactive ketones (excluding diaryl/α,β-unsaturated/α-hetero) is 1. The lowest BCUT2D eigenvalue weighted by Crippen LogP contribution is -2.48. The number of rotatable bonds is 2. The molecule has 1 aromatic rings. The number of hydrogen-bond donors (Lipinski definition) is 0. The molecule has 1 aliphatic heterocycles. The van der Waals surface area contributed by atoms with Crippen LogP contribution in [0.1, 0.15) is 24.3 Å². The highest BCUT2D eigenvalue weighted by atomic mass is 32.1. The highest BCUT2D eigenvalue weighted by molar-refractivity contribution is 7.13. The first kappa shape index (κ1) is 12.0. The third-order valence-corrected chi connectivity index (χ3v) is 3.75. The van der Waals surface area contributed by atoms with Crippen molar-refractivity contribution in [3.05, 3.63) is 11.1 Å². The molecular formula is C11H15N3O2S.